The first kappa shape index (κ1) is 9.44. The summed E-state index contributed by atoms with van der Waals surface area (Å²) in [6.45, 7) is 0. The van der Waals surface area contributed by atoms with Crippen LogP contribution in [0.1, 0.15) is 10.4 Å². The molecule has 0 N–H and O–H groups in total. The van der Waals surface area contributed by atoms with Gasteiger partial charge in [-0.1, -0.05) is 29.8 Å². The zero-order chi connectivity index (χ0) is 9.97. The monoisotopic (exact) mass is 222 g/mol. The van der Waals surface area contributed by atoms with E-state index in [9.17, 15) is 4.79 Å². The lowest BCUT2D eigenvalue weighted by molar-refractivity contribution is 0.112. The van der Waals surface area contributed by atoms with Gasteiger partial charge in [0.1, 0.15) is 6.29 Å². The molecule has 0 aliphatic rings. The molecule has 0 aliphatic carbocycles. The van der Waals surface area contributed by atoms with Gasteiger partial charge in [0.25, 0.3) is 0 Å². The molecule has 2 rings (SSSR count). The number of hydrogen-bond acceptors (Lipinski definition) is 2. The van der Waals surface area contributed by atoms with Crippen molar-refractivity contribution in [2.75, 3.05) is 0 Å². The number of carbonyl (C=O) groups excluding carboxylic acids is 1. The molecule has 0 amide bonds. The van der Waals surface area contributed by atoms with Crippen molar-refractivity contribution in [3.05, 3.63) is 46.3 Å². The molecule has 0 aliphatic heterocycles. The third kappa shape index (κ3) is 1.72. The Kier molecular flexibility index (Phi) is 2.66. The summed E-state index contributed by atoms with van der Waals surface area (Å²) in [4.78, 5) is 11.6. The topological polar surface area (TPSA) is 17.1 Å². The molecule has 0 unspecified atom stereocenters. The minimum absolute atomic E-state index is 0.607. The molecule has 1 aromatic heterocycles. The summed E-state index contributed by atoms with van der Waals surface area (Å²) in [5, 5.41) is 2.62. The summed E-state index contributed by atoms with van der Waals surface area (Å²) in [6.07, 6.45) is 0.796. The van der Waals surface area contributed by atoms with E-state index < -0.39 is 0 Å². The maximum atomic E-state index is 10.5. The van der Waals surface area contributed by atoms with Gasteiger partial charge in [-0.25, -0.2) is 0 Å². The highest BCUT2D eigenvalue weighted by Gasteiger charge is 2.04. The molecule has 70 valence electrons. The van der Waals surface area contributed by atoms with E-state index in [0.717, 1.165) is 16.7 Å². The summed E-state index contributed by atoms with van der Waals surface area (Å²) in [5.41, 5.74) is 1.59. The summed E-state index contributed by atoms with van der Waals surface area (Å²) in [6, 6.07) is 9.31. The van der Waals surface area contributed by atoms with E-state index in [1.807, 2.05) is 23.6 Å². The summed E-state index contributed by atoms with van der Waals surface area (Å²) in [7, 11) is 0. The van der Waals surface area contributed by atoms with E-state index in [2.05, 4.69) is 0 Å². The lowest BCUT2D eigenvalue weighted by Crippen LogP contribution is -1.81. The van der Waals surface area contributed by atoms with E-state index in [4.69, 9.17) is 11.6 Å². The van der Waals surface area contributed by atoms with Gasteiger partial charge in [0, 0.05) is 21.0 Å². The Morgan fingerprint density at radius 1 is 1.29 bits per heavy atom. The van der Waals surface area contributed by atoms with Crippen molar-refractivity contribution >= 4 is 29.2 Å². The number of rotatable bonds is 2. The molecular weight excluding hydrogens is 216 g/mol. The molecule has 0 bridgehead atoms. The van der Waals surface area contributed by atoms with Crippen molar-refractivity contribution in [3.63, 3.8) is 0 Å². The van der Waals surface area contributed by atoms with Crippen molar-refractivity contribution in [1.29, 1.82) is 0 Å². The van der Waals surface area contributed by atoms with Crippen LogP contribution in [0, 0.1) is 0 Å². The van der Waals surface area contributed by atoms with Crippen LogP contribution >= 0.6 is 22.9 Å². The van der Waals surface area contributed by atoms with E-state index in [0.29, 0.717) is 10.6 Å². The van der Waals surface area contributed by atoms with E-state index in [1.165, 1.54) is 0 Å². The predicted octanol–water partition coefficient (Wildman–Crippen LogP) is 3.88. The van der Waals surface area contributed by atoms with Gasteiger partial charge in [-0.15, -0.1) is 11.3 Å². The Balaban J connectivity index is 2.51. The fraction of sp³-hybridized carbons (Fsp3) is 0. The lowest BCUT2D eigenvalue weighted by Gasteiger charge is -2.01. The summed E-state index contributed by atoms with van der Waals surface area (Å²) >= 11 is 7.68. The first-order chi connectivity index (χ1) is 6.81. The first-order valence-corrected chi connectivity index (χ1v) is 5.35. The van der Waals surface area contributed by atoms with Crippen molar-refractivity contribution in [1.82, 2.24) is 0 Å². The highest BCUT2D eigenvalue weighted by Crippen LogP contribution is 2.31. The molecule has 2 aromatic rings. The van der Waals surface area contributed by atoms with Crippen LogP contribution < -0.4 is 0 Å². The Bertz CT molecular complexity index is 448. The normalized spacial score (nSPS) is 10.1. The third-order valence-electron chi connectivity index (χ3n) is 1.92. The molecule has 0 fully saturated rings. The summed E-state index contributed by atoms with van der Waals surface area (Å²) < 4.78 is 0. The highest BCUT2D eigenvalue weighted by atomic mass is 35.5. The second kappa shape index (κ2) is 3.95. The average molecular weight is 223 g/mol. The molecule has 0 spiro atoms. The quantitative estimate of drug-likeness (QED) is 0.705. The molecule has 0 atom stereocenters. The van der Waals surface area contributed by atoms with Gasteiger partial charge in [0.2, 0.25) is 0 Å². The van der Waals surface area contributed by atoms with Gasteiger partial charge in [-0.2, -0.15) is 0 Å². The van der Waals surface area contributed by atoms with Crippen molar-refractivity contribution in [2.45, 2.75) is 0 Å². The fourth-order valence-corrected chi connectivity index (χ4v) is 2.35. The molecule has 0 radical (unpaired) electrons. The average Bonchev–Trinajstić information content (AvgIpc) is 2.70. The molecule has 14 heavy (non-hydrogen) atoms. The number of thiophene rings is 1. The van der Waals surface area contributed by atoms with Crippen molar-refractivity contribution in [2.24, 2.45) is 0 Å². The number of hydrogen-bond donors (Lipinski definition) is 0. The highest BCUT2D eigenvalue weighted by molar-refractivity contribution is 7.13. The maximum absolute atomic E-state index is 10.5. The Hall–Kier alpha value is -1.12. The molecule has 1 nitrogen and oxygen atoms in total. The largest absolute Gasteiger partial charge is 0.298 e. The molecular formula is C11H7ClOS. The summed E-state index contributed by atoms with van der Waals surface area (Å²) in [5.74, 6) is 0. The van der Waals surface area contributed by atoms with Gasteiger partial charge in [0.15, 0.2) is 0 Å². The van der Waals surface area contributed by atoms with Gasteiger partial charge in [-0.3, -0.25) is 4.79 Å². The van der Waals surface area contributed by atoms with Crippen LogP contribution in [0.15, 0.2) is 35.7 Å². The minimum atomic E-state index is 0.607. The Morgan fingerprint density at radius 3 is 2.71 bits per heavy atom. The lowest BCUT2D eigenvalue weighted by atomic mass is 10.1. The molecule has 0 saturated heterocycles. The van der Waals surface area contributed by atoms with E-state index >= 15 is 0 Å². The van der Waals surface area contributed by atoms with Crippen LogP contribution in [0.5, 0.6) is 0 Å². The number of aldehydes is 1. The van der Waals surface area contributed by atoms with E-state index in [1.54, 1.807) is 23.5 Å². The maximum Gasteiger partial charge on any atom is 0.150 e. The van der Waals surface area contributed by atoms with Crippen molar-refractivity contribution < 1.29 is 4.79 Å². The van der Waals surface area contributed by atoms with Crippen LogP contribution in [0.4, 0.5) is 0 Å². The number of carbonyl (C=O) groups is 1. The van der Waals surface area contributed by atoms with Gasteiger partial charge in [-0.05, 0) is 17.5 Å². The van der Waals surface area contributed by atoms with Crippen LogP contribution in [0.2, 0.25) is 5.02 Å². The zero-order valence-electron chi connectivity index (χ0n) is 7.24. The third-order valence-corrected chi connectivity index (χ3v) is 3.13. The number of halogens is 1. The second-order valence-corrected chi connectivity index (χ2v) is 4.19. The van der Waals surface area contributed by atoms with Crippen LogP contribution in [-0.4, -0.2) is 6.29 Å². The molecule has 1 aromatic carbocycles. The fourth-order valence-electron chi connectivity index (χ4n) is 1.24. The van der Waals surface area contributed by atoms with Crippen LogP contribution in [-0.2, 0) is 0 Å². The van der Waals surface area contributed by atoms with Crippen LogP contribution in [0.25, 0.3) is 10.4 Å². The van der Waals surface area contributed by atoms with Gasteiger partial charge in [0.05, 0.1) is 0 Å². The smallest absolute Gasteiger partial charge is 0.150 e. The Labute approximate surface area is 91.0 Å². The molecule has 0 saturated carbocycles. The first-order valence-electron chi connectivity index (χ1n) is 4.10. The van der Waals surface area contributed by atoms with Crippen LogP contribution in [0.3, 0.4) is 0 Å². The zero-order valence-corrected chi connectivity index (χ0v) is 8.81. The molecule has 1 heterocycles. The minimum Gasteiger partial charge on any atom is -0.298 e. The predicted molar refractivity (Wildman–Crippen MR) is 60.2 cm³/mol. The number of benzene rings is 1. The van der Waals surface area contributed by atoms with Gasteiger partial charge < -0.3 is 0 Å². The standard InChI is InChI=1S/C11H7ClOS/c12-10-6-8(7-13)3-4-9(10)11-2-1-5-14-11/h1-7H. The van der Waals surface area contributed by atoms with E-state index in [-0.39, 0.29) is 0 Å². The van der Waals surface area contributed by atoms with Gasteiger partial charge >= 0.3 is 0 Å². The second-order valence-electron chi connectivity index (χ2n) is 2.83. The molecule has 3 heteroatoms. The Morgan fingerprint density at radius 2 is 2.14 bits per heavy atom. The SMILES string of the molecule is O=Cc1ccc(-c2cccs2)c(Cl)c1. The van der Waals surface area contributed by atoms with Crippen molar-refractivity contribution in [3.8, 4) is 10.4 Å².